The molecule has 0 bridgehead atoms. The zero-order chi connectivity index (χ0) is 16.7. The van der Waals surface area contributed by atoms with E-state index in [9.17, 15) is 9.59 Å². The Morgan fingerprint density at radius 2 is 1.52 bits per heavy atom. The number of nitrogens with one attached hydrogen (secondary N) is 2. The van der Waals surface area contributed by atoms with Gasteiger partial charge in [0.2, 0.25) is 11.8 Å². The largest absolute Gasteiger partial charge is 0.326 e. The summed E-state index contributed by atoms with van der Waals surface area (Å²) in [5.41, 5.74) is 3.81. The number of amides is 2. The van der Waals surface area contributed by atoms with Crippen LogP contribution in [-0.4, -0.2) is 11.8 Å². The van der Waals surface area contributed by atoms with Crippen molar-refractivity contribution in [2.24, 2.45) is 0 Å². The molecule has 0 aliphatic carbocycles. The van der Waals surface area contributed by atoms with Crippen LogP contribution >= 0.6 is 0 Å². The minimum absolute atomic E-state index is 0.0375. The molecule has 0 saturated carbocycles. The molecule has 0 radical (unpaired) electrons. The van der Waals surface area contributed by atoms with Gasteiger partial charge in [-0.1, -0.05) is 37.3 Å². The smallest absolute Gasteiger partial charge is 0.224 e. The molecule has 23 heavy (non-hydrogen) atoms. The minimum atomic E-state index is -0.135. The van der Waals surface area contributed by atoms with Crippen LogP contribution < -0.4 is 10.6 Å². The minimum Gasteiger partial charge on any atom is -0.326 e. The van der Waals surface area contributed by atoms with Crippen molar-refractivity contribution >= 4 is 23.2 Å². The van der Waals surface area contributed by atoms with Crippen molar-refractivity contribution < 1.29 is 9.59 Å². The Morgan fingerprint density at radius 1 is 0.913 bits per heavy atom. The molecular weight excluding hydrogens is 288 g/mol. The second-order valence-corrected chi connectivity index (χ2v) is 5.48. The van der Waals surface area contributed by atoms with Gasteiger partial charge in [-0.25, -0.2) is 0 Å². The third-order valence-corrected chi connectivity index (χ3v) is 3.54. The molecule has 0 aliphatic heterocycles. The number of anilines is 2. The number of rotatable bonds is 6. The lowest BCUT2D eigenvalue weighted by molar-refractivity contribution is -0.116. The molecule has 4 heteroatoms. The van der Waals surface area contributed by atoms with Crippen LogP contribution in [0.1, 0.15) is 31.4 Å². The van der Waals surface area contributed by atoms with Gasteiger partial charge in [0.1, 0.15) is 0 Å². The predicted molar refractivity (Wildman–Crippen MR) is 93.5 cm³/mol. The van der Waals surface area contributed by atoms with Crippen molar-refractivity contribution in [3.63, 3.8) is 0 Å². The van der Waals surface area contributed by atoms with Crippen molar-refractivity contribution in [3.8, 4) is 0 Å². The summed E-state index contributed by atoms with van der Waals surface area (Å²) < 4.78 is 0. The van der Waals surface area contributed by atoms with E-state index in [1.165, 1.54) is 12.5 Å². The fraction of sp³-hybridized carbons (Fsp3) is 0.263. The number of hydrogen-bond donors (Lipinski definition) is 2. The predicted octanol–water partition coefficient (Wildman–Crippen LogP) is 3.78. The van der Waals surface area contributed by atoms with E-state index >= 15 is 0 Å². The van der Waals surface area contributed by atoms with Gasteiger partial charge < -0.3 is 10.6 Å². The summed E-state index contributed by atoms with van der Waals surface area (Å²) in [6.07, 6.45) is 2.16. The van der Waals surface area contributed by atoms with Gasteiger partial charge in [0, 0.05) is 24.7 Å². The maximum atomic E-state index is 12.0. The number of benzene rings is 2. The Labute approximate surface area is 136 Å². The van der Waals surface area contributed by atoms with Crippen LogP contribution in [0.5, 0.6) is 0 Å². The van der Waals surface area contributed by atoms with E-state index in [0.717, 1.165) is 12.0 Å². The molecule has 2 aromatic rings. The molecule has 0 saturated heterocycles. The van der Waals surface area contributed by atoms with Crippen molar-refractivity contribution in [2.45, 2.75) is 33.1 Å². The average molecular weight is 310 g/mol. The average Bonchev–Trinajstić information content (AvgIpc) is 2.53. The number of carbonyl (C=O) groups excluding carboxylic acids is 2. The van der Waals surface area contributed by atoms with Gasteiger partial charge in [-0.3, -0.25) is 9.59 Å². The summed E-state index contributed by atoms with van der Waals surface area (Å²) in [5.74, 6) is -0.173. The van der Waals surface area contributed by atoms with Crippen LogP contribution in [0.3, 0.4) is 0 Å². The first-order chi connectivity index (χ1) is 11.1. The summed E-state index contributed by atoms with van der Waals surface area (Å²) >= 11 is 0. The number of aryl methyl sites for hydroxylation is 2. The Kier molecular flexibility index (Phi) is 5.92. The molecular formula is C19H22N2O2. The monoisotopic (exact) mass is 310 g/mol. The van der Waals surface area contributed by atoms with E-state index in [1.807, 2.05) is 0 Å². The fourth-order valence-electron chi connectivity index (χ4n) is 2.30. The fourth-order valence-corrected chi connectivity index (χ4v) is 2.30. The van der Waals surface area contributed by atoms with Crippen molar-refractivity contribution in [3.05, 3.63) is 59.7 Å². The second-order valence-electron chi connectivity index (χ2n) is 5.48. The van der Waals surface area contributed by atoms with Crippen LogP contribution in [0.2, 0.25) is 0 Å². The Morgan fingerprint density at radius 3 is 2.13 bits per heavy atom. The first-order valence-corrected chi connectivity index (χ1v) is 7.82. The second kappa shape index (κ2) is 8.13. The van der Waals surface area contributed by atoms with Gasteiger partial charge in [-0.2, -0.15) is 0 Å². The molecule has 120 valence electrons. The van der Waals surface area contributed by atoms with Crippen LogP contribution in [0.25, 0.3) is 0 Å². The van der Waals surface area contributed by atoms with Gasteiger partial charge >= 0.3 is 0 Å². The SMILES string of the molecule is CCc1ccc(CCC(=O)Nc2cccc(NC(C)=O)c2)cc1. The number of hydrogen-bond acceptors (Lipinski definition) is 2. The molecule has 2 rings (SSSR count). The standard InChI is InChI=1S/C19H22N2O2/c1-3-15-7-9-16(10-8-15)11-12-19(23)21-18-6-4-5-17(13-18)20-14(2)22/h4-10,13H,3,11-12H2,1-2H3,(H,20,22)(H,21,23). The lowest BCUT2D eigenvalue weighted by atomic mass is 10.1. The molecule has 0 atom stereocenters. The zero-order valence-electron chi connectivity index (χ0n) is 13.6. The molecule has 2 aromatic carbocycles. The third-order valence-electron chi connectivity index (χ3n) is 3.54. The summed E-state index contributed by atoms with van der Waals surface area (Å²) in [4.78, 5) is 23.1. The van der Waals surface area contributed by atoms with Crippen molar-refractivity contribution in [2.75, 3.05) is 10.6 Å². The van der Waals surface area contributed by atoms with E-state index in [-0.39, 0.29) is 11.8 Å². The maximum Gasteiger partial charge on any atom is 0.224 e. The third kappa shape index (κ3) is 5.58. The zero-order valence-corrected chi connectivity index (χ0v) is 13.6. The van der Waals surface area contributed by atoms with Gasteiger partial charge in [-0.05, 0) is 42.2 Å². The summed E-state index contributed by atoms with van der Waals surface area (Å²) in [6, 6.07) is 15.5. The maximum absolute atomic E-state index is 12.0. The molecule has 0 unspecified atom stereocenters. The first kappa shape index (κ1) is 16.7. The molecule has 4 nitrogen and oxygen atoms in total. The van der Waals surface area contributed by atoms with Crippen LogP contribution in [0.15, 0.2) is 48.5 Å². The molecule has 2 N–H and O–H groups in total. The van der Waals surface area contributed by atoms with E-state index in [2.05, 4.69) is 41.8 Å². The topological polar surface area (TPSA) is 58.2 Å². The van der Waals surface area contributed by atoms with E-state index in [0.29, 0.717) is 24.2 Å². The van der Waals surface area contributed by atoms with Gasteiger partial charge in [0.05, 0.1) is 0 Å². The molecule has 0 aromatic heterocycles. The van der Waals surface area contributed by atoms with Crippen molar-refractivity contribution in [1.82, 2.24) is 0 Å². The highest BCUT2D eigenvalue weighted by Gasteiger charge is 2.04. The highest BCUT2D eigenvalue weighted by atomic mass is 16.2. The van der Waals surface area contributed by atoms with E-state index < -0.39 is 0 Å². The van der Waals surface area contributed by atoms with Crippen molar-refractivity contribution in [1.29, 1.82) is 0 Å². The lowest BCUT2D eigenvalue weighted by Crippen LogP contribution is -2.13. The molecule has 0 heterocycles. The van der Waals surface area contributed by atoms with Gasteiger partial charge in [0.25, 0.3) is 0 Å². The normalized spacial score (nSPS) is 10.2. The van der Waals surface area contributed by atoms with Crippen LogP contribution in [-0.2, 0) is 22.4 Å². The van der Waals surface area contributed by atoms with E-state index in [4.69, 9.17) is 0 Å². The van der Waals surface area contributed by atoms with E-state index in [1.54, 1.807) is 24.3 Å². The molecule has 0 aliphatic rings. The van der Waals surface area contributed by atoms with Gasteiger partial charge in [0.15, 0.2) is 0 Å². The highest BCUT2D eigenvalue weighted by Crippen LogP contribution is 2.15. The molecule has 0 spiro atoms. The quantitative estimate of drug-likeness (QED) is 0.853. The summed E-state index contributed by atoms with van der Waals surface area (Å²) in [7, 11) is 0. The highest BCUT2D eigenvalue weighted by molar-refractivity contribution is 5.93. The molecule has 0 fully saturated rings. The Balaban J connectivity index is 1.87. The first-order valence-electron chi connectivity index (χ1n) is 7.82. The van der Waals surface area contributed by atoms with Gasteiger partial charge in [-0.15, -0.1) is 0 Å². The number of carbonyl (C=O) groups is 2. The van der Waals surface area contributed by atoms with Crippen LogP contribution in [0, 0.1) is 0 Å². The Bertz CT molecular complexity index is 678. The van der Waals surface area contributed by atoms with Crippen LogP contribution in [0.4, 0.5) is 11.4 Å². The summed E-state index contributed by atoms with van der Waals surface area (Å²) in [5, 5.41) is 5.55. The molecule has 2 amide bonds. The lowest BCUT2D eigenvalue weighted by Gasteiger charge is -2.08. The summed E-state index contributed by atoms with van der Waals surface area (Å²) in [6.45, 7) is 3.58. The Hall–Kier alpha value is -2.62.